The minimum Gasteiger partial charge on any atom is -0.508 e. The normalized spacial score (nSPS) is 8.56. The standard InChI is InChI=1S/C6H10O5.C6H6O/c1-3-9-5(7)11-6(8)10-4-2;7-6-4-2-1-3-5-6/h3-4H2,1-2H3;1-5,7H. The first-order chi connectivity index (χ1) is 8.60. The minimum atomic E-state index is -1.04. The molecule has 0 amide bonds. The second-order valence-corrected chi connectivity index (χ2v) is 2.80. The van der Waals surface area contributed by atoms with Crippen LogP contribution in [0.25, 0.3) is 0 Å². The number of phenolic OH excluding ortho intramolecular Hbond substituents is 1. The Morgan fingerprint density at radius 2 is 1.44 bits per heavy atom. The number of rotatable bonds is 2. The van der Waals surface area contributed by atoms with Crippen molar-refractivity contribution in [1.29, 1.82) is 0 Å². The first kappa shape index (κ1) is 15.8. The van der Waals surface area contributed by atoms with Crippen molar-refractivity contribution in [3.63, 3.8) is 0 Å². The largest absolute Gasteiger partial charge is 0.518 e. The van der Waals surface area contributed by atoms with Gasteiger partial charge in [-0.3, -0.25) is 0 Å². The van der Waals surface area contributed by atoms with E-state index in [1.165, 1.54) is 0 Å². The predicted octanol–water partition coefficient (Wildman–Crippen LogP) is 2.71. The molecule has 0 fully saturated rings. The lowest BCUT2D eigenvalue weighted by Crippen LogP contribution is -2.14. The van der Waals surface area contributed by atoms with Gasteiger partial charge in [0.1, 0.15) is 5.75 Å². The second-order valence-electron chi connectivity index (χ2n) is 2.80. The van der Waals surface area contributed by atoms with Gasteiger partial charge >= 0.3 is 12.3 Å². The highest BCUT2D eigenvalue weighted by Gasteiger charge is 2.10. The highest BCUT2D eigenvalue weighted by molar-refractivity contribution is 5.76. The van der Waals surface area contributed by atoms with E-state index in [2.05, 4.69) is 14.2 Å². The zero-order valence-corrected chi connectivity index (χ0v) is 10.3. The van der Waals surface area contributed by atoms with E-state index in [4.69, 9.17) is 5.11 Å². The lowest BCUT2D eigenvalue weighted by atomic mass is 10.3. The number of phenols is 1. The Hall–Kier alpha value is -2.24. The van der Waals surface area contributed by atoms with Gasteiger partial charge < -0.3 is 19.3 Å². The molecule has 0 saturated carbocycles. The molecular formula is C12H16O6. The summed E-state index contributed by atoms with van der Waals surface area (Å²) in [6, 6.07) is 8.71. The Morgan fingerprint density at radius 3 is 1.72 bits per heavy atom. The van der Waals surface area contributed by atoms with Crippen LogP contribution in [-0.4, -0.2) is 30.6 Å². The number of benzene rings is 1. The molecular weight excluding hydrogens is 240 g/mol. The van der Waals surface area contributed by atoms with Crippen LogP contribution in [0.3, 0.4) is 0 Å². The zero-order chi connectivity index (χ0) is 13.8. The first-order valence-corrected chi connectivity index (χ1v) is 5.35. The summed E-state index contributed by atoms with van der Waals surface area (Å²) >= 11 is 0. The lowest BCUT2D eigenvalue weighted by molar-refractivity contribution is 0.0409. The third-order valence-electron chi connectivity index (χ3n) is 1.45. The van der Waals surface area contributed by atoms with Crippen LogP contribution in [0, 0.1) is 0 Å². The maximum Gasteiger partial charge on any atom is 0.518 e. The Morgan fingerprint density at radius 1 is 1.00 bits per heavy atom. The van der Waals surface area contributed by atoms with Crippen molar-refractivity contribution in [2.45, 2.75) is 13.8 Å². The van der Waals surface area contributed by atoms with E-state index in [-0.39, 0.29) is 13.2 Å². The molecule has 0 aliphatic carbocycles. The molecule has 1 aromatic carbocycles. The van der Waals surface area contributed by atoms with Gasteiger partial charge in [0.25, 0.3) is 0 Å². The summed E-state index contributed by atoms with van der Waals surface area (Å²) in [5.41, 5.74) is 0. The summed E-state index contributed by atoms with van der Waals surface area (Å²) in [6.07, 6.45) is -2.07. The van der Waals surface area contributed by atoms with E-state index < -0.39 is 12.3 Å². The smallest absolute Gasteiger partial charge is 0.508 e. The van der Waals surface area contributed by atoms with Crippen molar-refractivity contribution >= 4 is 12.3 Å². The number of para-hydroxylation sites is 1. The van der Waals surface area contributed by atoms with Crippen molar-refractivity contribution in [3.05, 3.63) is 30.3 Å². The van der Waals surface area contributed by atoms with Gasteiger partial charge in [-0.15, -0.1) is 0 Å². The molecule has 0 saturated heterocycles. The molecule has 0 aromatic heterocycles. The van der Waals surface area contributed by atoms with Gasteiger partial charge in [-0.1, -0.05) is 18.2 Å². The average Bonchev–Trinajstić information content (AvgIpc) is 2.31. The summed E-state index contributed by atoms with van der Waals surface area (Å²) in [6.45, 7) is 3.54. The Labute approximate surface area is 105 Å². The lowest BCUT2D eigenvalue weighted by Gasteiger charge is -2.01. The van der Waals surface area contributed by atoms with E-state index in [1.807, 2.05) is 6.07 Å². The van der Waals surface area contributed by atoms with E-state index in [1.54, 1.807) is 38.1 Å². The monoisotopic (exact) mass is 256 g/mol. The van der Waals surface area contributed by atoms with Crippen molar-refractivity contribution in [2.24, 2.45) is 0 Å². The fraction of sp³-hybridized carbons (Fsp3) is 0.333. The number of hydrogen-bond donors (Lipinski definition) is 1. The van der Waals surface area contributed by atoms with Gasteiger partial charge in [-0.05, 0) is 26.0 Å². The maximum atomic E-state index is 10.4. The van der Waals surface area contributed by atoms with Crippen molar-refractivity contribution < 1.29 is 28.9 Å². The van der Waals surface area contributed by atoms with Crippen LogP contribution < -0.4 is 0 Å². The average molecular weight is 256 g/mol. The third-order valence-corrected chi connectivity index (χ3v) is 1.45. The molecule has 0 aliphatic rings. The fourth-order valence-electron chi connectivity index (χ4n) is 0.791. The topological polar surface area (TPSA) is 82.1 Å². The SMILES string of the molecule is CCOC(=O)OC(=O)OCC.Oc1ccccc1. The van der Waals surface area contributed by atoms with Gasteiger partial charge in [0.15, 0.2) is 0 Å². The number of aromatic hydroxyl groups is 1. The fourth-order valence-corrected chi connectivity index (χ4v) is 0.791. The van der Waals surface area contributed by atoms with Crippen LogP contribution in [-0.2, 0) is 14.2 Å². The Bertz CT molecular complexity index is 333. The van der Waals surface area contributed by atoms with Gasteiger partial charge in [-0.2, -0.15) is 0 Å². The van der Waals surface area contributed by atoms with E-state index in [0.717, 1.165) is 0 Å². The third kappa shape index (κ3) is 9.02. The zero-order valence-electron chi connectivity index (χ0n) is 10.3. The van der Waals surface area contributed by atoms with Gasteiger partial charge in [-0.25, -0.2) is 9.59 Å². The van der Waals surface area contributed by atoms with Gasteiger partial charge in [0.05, 0.1) is 13.2 Å². The predicted molar refractivity (Wildman–Crippen MR) is 63.2 cm³/mol. The highest BCUT2D eigenvalue weighted by Crippen LogP contribution is 2.02. The van der Waals surface area contributed by atoms with Crippen LogP contribution >= 0.6 is 0 Å². The van der Waals surface area contributed by atoms with Crippen molar-refractivity contribution in [1.82, 2.24) is 0 Å². The molecule has 100 valence electrons. The van der Waals surface area contributed by atoms with E-state index in [0.29, 0.717) is 5.75 Å². The van der Waals surface area contributed by atoms with E-state index in [9.17, 15) is 9.59 Å². The molecule has 1 N–H and O–H groups in total. The summed E-state index contributed by atoms with van der Waals surface area (Å²) in [5.74, 6) is 0.322. The molecule has 18 heavy (non-hydrogen) atoms. The molecule has 0 bridgehead atoms. The molecule has 1 aromatic rings. The summed E-state index contributed by atoms with van der Waals surface area (Å²) < 4.78 is 12.6. The molecule has 0 radical (unpaired) electrons. The molecule has 0 atom stereocenters. The van der Waals surface area contributed by atoms with E-state index >= 15 is 0 Å². The molecule has 0 aliphatic heterocycles. The summed E-state index contributed by atoms with van der Waals surface area (Å²) in [7, 11) is 0. The maximum absolute atomic E-state index is 10.4. The van der Waals surface area contributed by atoms with Crippen LogP contribution in [0.2, 0.25) is 0 Å². The quantitative estimate of drug-likeness (QED) is 0.647. The van der Waals surface area contributed by atoms with Crippen molar-refractivity contribution in [3.8, 4) is 5.75 Å². The molecule has 0 spiro atoms. The van der Waals surface area contributed by atoms with Crippen molar-refractivity contribution in [2.75, 3.05) is 13.2 Å². The molecule has 6 nitrogen and oxygen atoms in total. The molecule has 0 heterocycles. The van der Waals surface area contributed by atoms with Crippen LogP contribution in [0.1, 0.15) is 13.8 Å². The number of ether oxygens (including phenoxy) is 3. The summed E-state index contributed by atoms with van der Waals surface area (Å²) in [4.78, 5) is 20.8. The first-order valence-electron chi connectivity index (χ1n) is 5.35. The van der Waals surface area contributed by atoms with Gasteiger partial charge in [0.2, 0.25) is 0 Å². The molecule has 0 unspecified atom stereocenters. The highest BCUT2D eigenvalue weighted by atomic mass is 16.8. The van der Waals surface area contributed by atoms with Crippen LogP contribution in [0.4, 0.5) is 9.59 Å². The summed E-state index contributed by atoms with van der Waals surface area (Å²) in [5, 5.41) is 8.63. The Kier molecular flexibility index (Phi) is 8.71. The number of carbonyl (C=O) groups is 2. The van der Waals surface area contributed by atoms with Crippen LogP contribution in [0.5, 0.6) is 5.75 Å². The molecule has 1 rings (SSSR count). The number of hydrogen-bond acceptors (Lipinski definition) is 6. The van der Waals surface area contributed by atoms with Crippen LogP contribution in [0.15, 0.2) is 30.3 Å². The minimum absolute atomic E-state index is 0.165. The van der Waals surface area contributed by atoms with Gasteiger partial charge in [0, 0.05) is 0 Å². The number of carbonyl (C=O) groups excluding carboxylic acids is 2. The molecule has 6 heteroatoms. The Balaban J connectivity index is 0.000000351. The second kappa shape index (κ2) is 9.95.